The molecule has 0 radical (unpaired) electrons. The van der Waals surface area contributed by atoms with Crippen LogP contribution in [0.1, 0.15) is 129 Å². The first-order valence-electron chi connectivity index (χ1n) is 19.9. The zero-order chi connectivity index (χ0) is 38.3. The fourth-order valence-electron chi connectivity index (χ4n) is 6.58. The standard InChI is InChI=1S/C38H71NO13/c1-3-5-7-9-10-11-12-13-14-15-16-18-20-22-30(43)39-26(27(42)21-19-17-8-6-4-2)25-49-37-35(48)33(46)36(29(24-41)51-37)52-38-34(47)32(45)31(44)28(23-40)50-38/h19,21,26-29,31-38,40-42,44-48H,3-18,20,22-25H2,1-2H3,(H,39,43)/b21-19+. The van der Waals surface area contributed by atoms with Gasteiger partial charge in [0.2, 0.25) is 5.91 Å². The monoisotopic (exact) mass is 749 g/mol. The molecule has 2 heterocycles. The summed E-state index contributed by atoms with van der Waals surface area (Å²) in [7, 11) is 0. The van der Waals surface area contributed by atoms with E-state index in [-0.39, 0.29) is 18.9 Å². The molecule has 306 valence electrons. The molecule has 2 aliphatic heterocycles. The number of ether oxygens (including phenoxy) is 4. The summed E-state index contributed by atoms with van der Waals surface area (Å²) in [6.07, 6.45) is 6.14. The van der Waals surface area contributed by atoms with Crippen molar-refractivity contribution in [2.75, 3.05) is 19.8 Å². The molecule has 0 bridgehead atoms. The maximum atomic E-state index is 12.9. The Morgan fingerprint density at radius 1 is 0.673 bits per heavy atom. The number of carbonyl (C=O) groups is 1. The lowest BCUT2D eigenvalue weighted by atomic mass is 9.97. The molecule has 1 amide bonds. The predicted octanol–water partition coefficient (Wildman–Crippen LogP) is 2.09. The first-order valence-corrected chi connectivity index (χ1v) is 19.9. The SMILES string of the molecule is CCCCC/C=C/C(O)C(COC1OC(CO)C(OC2OC(CO)C(O)C(O)C2O)C(O)C1O)NC(=O)CCCCCCCCCCCCCCC. The molecule has 0 saturated carbocycles. The van der Waals surface area contributed by atoms with Crippen LogP contribution in [0.2, 0.25) is 0 Å². The van der Waals surface area contributed by atoms with Gasteiger partial charge in [-0.25, -0.2) is 0 Å². The highest BCUT2D eigenvalue weighted by Crippen LogP contribution is 2.29. The Morgan fingerprint density at radius 3 is 1.77 bits per heavy atom. The first-order chi connectivity index (χ1) is 25.1. The maximum Gasteiger partial charge on any atom is 0.220 e. The van der Waals surface area contributed by atoms with Gasteiger partial charge in [-0.15, -0.1) is 0 Å². The summed E-state index contributed by atoms with van der Waals surface area (Å²) < 4.78 is 22.4. The topological polar surface area (TPSA) is 228 Å². The van der Waals surface area contributed by atoms with E-state index < -0.39 is 86.8 Å². The average molecular weight is 750 g/mol. The molecular weight excluding hydrogens is 678 g/mol. The summed E-state index contributed by atoms with van der Waals surface area (Å²) in [6.45, 7) is 2.62. The van der Waals surface area contributed by atoms with Crippen LogP contribution in [0.5, 0.6) is 0 Å². The van der Waals surface area contributed by atoms with E-state index in [4.69, 9.17) is 18.9 Å². The lowest BCUT2D eigenvalue weighted by Gasteiger charge is -2.46. The third-order valence-electron chi connectivity index (χ3n) is 9.97. The van der Waals surface area contributed by atoms with Crippen molar-refractivity contribution < 1.29 is 64.6 Å². The van der Waals surface area contributed by atoms with Crippen LogP contribution in [0, 0.1) is 0 Å². The lowest BCUT2D eigenvalue weighted by Crippen LogP contribution is -2.65. The van der Waals surface area contributed by atoms with E-state index in [0.717, 1.165) is 44.9 Å². The minimum atomic E-state index is -1.78. The van der Waals surface area contributed by atoms with Gasteiger partial charge in [-0.3, -0.25) is 4.79 Å². The molecule has 0 aromatic heterocycles. The van der Waals surface area contributed by atoms with E-state index in [9.17, 15) is 45.6 Å². The number of hydrogen-bond donors (Lipinski definition) is 9. The summed E-state index contributed by atoms with van der Waals surface area (Å²) in [4.78, 5) is 12.9. The van der Waals surface area contributed by atoms with Crippen LogP contribution in [0.25, 0.3) is 0 Å². The van der Waals surface area contributed by atoms with Crippen molar-refractivity contribution in [1.29, 1.82) is 0 Å². The number of hydrogen-bond acceptors (Lipinski definition) is 13. The smallest absolute Gasteiger partial charge is 0.220 e. The van der Waals surface area contributed by atoms with E-state index in [1.165, 1.54) is 57.8 Å². The van der Waals surface area contributed by atoms with Gasteiger partial charge < -0.3 is 65.1 Å². The first kappa shape index (κ1) is 46.9. The van der Waals surface area contributed by atoms with Crippen molar-refractivity contribution in [3.8, 4) is 0 Å². The Bertz CT molecular complexity index is 941. The highest BCUT2D eigenvalue weighted by molar-refractivity contribution is 5.76. The molecule has 12 unspecified atom stereocenters. The maximum absolute atomic E-state index is 12.9. The normalized spacial score (nSPS) is 30.8. The second-order valence-corrected chi connectivity index (χ2v) is 14.4. The Morgan fingerprint density at radius 2 is 1.19 bits per heavy atom. The van der Waals surface area contributed by atoms with Gasteiger partial charge in [0.05, 0.1) is 32.0 Å². The molecule has 14 nitrogen and oxygen atoms in total. The number of aliphatic hydroxyl groups is 8. The van der Waals surface area contributed by atoms with Crippen molar-refractivity contribution >= 4 is 5.91 Å². The third-order valence-corrected chi connectivity index (χ3v) is 9.97. The number of rotatable bonds is 28. The zero-order valence-electron chi connectivity index (χ0n) is 31.6. The number of nitrogens with one attached hydrogen (secondary N) is 1. The van der Waals surface area contributed by atoms with Crippen molar-refractivity contribution in [3.05, 3.63) is 12.2 Å². The fraction of sp³-hybridized carbons (Fsp3) is 0.921. The van der Waals surface area contributed by atoms with E-state index in [1.54, 1.807) is 6.08 Å². The molecule has 12 atom stereocenters. The quantitative estimate of drug-likeness (QED) is 0.0413. The minimum absolute atomic E-state index is 0.249. The average Bonchev–Trinajstić information content (AvgIpc) is 3.14. The Hall–Kier alpha value is -1.27. The third kappa shape index (κ3) is 16.6. The van der Waals surface area contributed by atoms with Crippen LogP contribution in [0.3, 0.4) is 0 Å². The van der Waals surface area contributed by atoms with Crippen LogP contribution in [-0.2, 0) is 23.7 Å². The van der Waals surface area contributed by atoms with Gasteiger partial charge in [0, 0.05) is 6.42 Å². The van der Waals surface area contributed by atoms with Gasteiger partial charge in [-0.2, -0.15) is 0 Å². The molecule has 0 aromatic carbocycles. The number of allylic oxidation sites excluding steroid dienone is 1. The second-order valence-electron chi connectivity index (χ2n) is 14.4. The van der Waals surface area contributed by atoms with Gasteiger partial charge in [0.1, 0.15) is 48.8 Å². The van der Waals surface area contributed by atoms with Crippen molar-refractivity contribution in [3.63, 3.8) is 0 Å². The van der Waals surface area contributed by atoms with Gasteiger partial charge in [-0.1, -0.05) is 116 Å². The van der Waals surface area contributed by atoms with Crippen molar-refractivity contribution in [1.82, 2.24) is 5.32 Å². The summed E-state index contributed by atoms with van der Waals surface area (Å²) >= 11 is 0. The lowest BCUT2D eigenvalue weighted by molar-refractivity contribution is -0.359. The molecule has 2 fully saturated rings. The molecule has 0 spiro atoms. The van der Waals surface area contributed by atoms with Crippen LogP contribution >= 0.6 is 0 Å². The van der Waals surface area contributed by atoms with Crippen LogP contribution in [-0.4, -0.2) is 140 Å². The molecule has 0 aliphatic carbocycles. The van der Waals surface area contributed by atoms with Crippen LogP contribution in [0.4, 0.5) is 0 Å². The molecule has 2 saturated heterocycles. The summed E-state index contributed by atoms with van der Waals surface area (Å²) in [5, 5.41) is 85.7. The molecule has 2 aliphatic rings. The highest BCUT2D eigenvalue weighted by Gasteiger charge is 2.50. The molecule has 9 N–H and O–H groups in total. The van der Waals surface area contributed by atoms with Crippen LogP contribution in [0.15, 0.2) is 12.2 Å². The summed E-state index contributed by atoms with van der Waals surface area (Å²) in [5.41, 5.74) is 0. The fourth-order valence-corrected chi connectivity index (χ4v) is 6.58. The number of unbranched alkanes of at least 4 members (excludes halogenated alkanes) is 15. The zero-order valence-corrected chi connectivity index (χ0v) is 31.6. The molecule has 52 heavy (non-hydrogen) atoms. The Balaban J connectivity index is 1.89. The highest BCUT2D eigenvalue weighted by atomic mass is 16.7. The molecule has 0 aromatic rings. The van der Waals surface area contributed by atoms with E-state index in [0.29, 0.717) is 6.42 Å². The van der Waals surface area contributed by atoms with Gasteiger partial charge in [0.15, 0.2) is 12.6 Å². The van der Waals surface area contributed by atoms with Crippen molar-refractivity contribution in [2.24, 2.45) is 0 Å². The van der Waals surface area contributed by atoms with Crippen LogP contribution < -0.4 is 5.32 Å². The minimum Gasteiger partial charge on any atom is -0.394 e. The molecule has 2 rings (SSSR count). The largest absolute Gasteiger partial charge is 0.394 e. The predicted molar refractivity (Wildman–Crippen MR) is 194 cm³/mol. The van der Waals surface area contributed by atoms with E-state index in [2.05, 4.69) is 19.2 Å². The summed E-state index contributed by atoms with van der Waals surface area (Å²) in [5.74, 6) is -0.249. The Kier molecular flexibility index (Phi) is 24.6. The van der Waals surface area contributed by atoms with Gasteiger partial charge in [-0.05, 0) is 19.3 Å². The summed E-state index contributed by atoms with van der Waals surface area (Å²) in [6, 6.07) is -0.902. The second kappa shape index (κ2) is 27.3. The van der Waals surface area contributed by atoms with Gasteiger partial charge in [0.25, 0.3) is 0 Å². The van der Waals surface area contributed by atoms with Gasteiger partial charge >= 0.3 is 0 Å². The molecule has 14 heteroatoms. The number of aliphatic hydroxyl groups excluding tert-OH is 8. The number of carbonyl (C=O) groups excluding carboxylic acids is 1. The Labute approximate surface area is 310 Å². The van der Waals surface area contributed by atoms with E-state index in [1.807, 2.05) is 6.08 Å². The van der Waals surface area contributed by atoms with E-state index >= 15 is 0 Å². The van der Waals surface area contributed by atoms with Crippen molar-refractivity contribution in [2.45, 2.75) is 203 Å². The molecular formula is C38H71NO13. The number of amides is 1.